The Kier molecular flexibility index (Phi) is 2.71. The molecule has 2 aliphatic rings. The van der Waals surface area contributed by atoms with E-state index >= 15 is 0 Å². The first-order valence-corrected chi connectivity index (χ1v) is 7.26. The topological polar surface area (TPSA) is 32.3 Å². The lowest BCUT2D eigenvalue weighted by Gasteiger charge is -2.38. The van der Waals surface area contributed by atoms with Crippen molar-refractivity contribution in [3.8, 4) is 0 Å². The molecule has 0 bridgehead atoms. The zero-order valence-electron chi connectivity index (χ0n) is 10.2. The molecule has 17 heavy (non-hydrogen) atoms. The molecule has 1 amide bonds. The Labute approximate surface area is 106 Å². The molecule has 0 radical (unpaired) electrons. The Balaban J connectivity index is 1.92. The van der Waals surface area contributed by atoms with Crippen LogP contribution in [-0.2, 0) is 10.2 Å². The molecule has 1 unspecified atom stereocenters. The number of fused-ring (bicyclic) bond motifs is 2. The van der Waals surface area contributed by atoms with Crippen LogP contribution in [0.3, 0.4) is 0 Å². The maximum atomic E-state index is 12.3. The monoisotopic (exact) mass is 250 g/mol. The summed E-state index contributed by atoms with van der Waals surface area (Å²) in [6.45, 7) is 5.35. The molecule has 1 aromatic rings. The van der Waals surface area contributed by atoms with E-state index in [2.05, 4.69) is 22.5 Å². The normalized spacial score (nSPS) is 28.4. The third-order valence-electron chi connectivity index (χ3n) is 3.89. The number of carbonyl (C=O) groups excluding carboxylic acids is 1. The average Bonchev–Trinajstić information content (AvgIpc) is 2.85. The van der Waals surface area contributed by atoms with Gasteiger partial charge < -0.3 is 10.2 Å². The first-order valence-electron chi connectivity index (χ1n) is 6.38. The van der Waals surface area contributed by atoms with E-state index in [0.29, 0.717) is 0 Å². The van der Waals surface area contributed by atoms with Crippen molar-refractivity contribution in [2.75, 3.05) is 25.0 Å². The van der Waals surface area contributed by atoms with E-state index in [4.69, 9.17) is 0 Å². The molecule has 3 heterocycles. The van der Waals surface area contributed by atoms with Gasteiger partial charge in [-0.15, -0.1) is 11.3 Å². The average molecular weight is 250 g/mol. The number of nitrogens with zero attached hydrogens (tertiary/aromatic N) is 1. The van der Waals surface area contributed by atoms with Gasteiger partial charge in [0.2, 0.25) is 5.91 Å². The van der Waals surface area contributed by atoms with Gasteiger partial charge in [0.25, 0.3) is 0 Å². The number of nitrogens with one attached hydrogen (secondary N) is 1. The summed E-state index contributed by atoms with van der Waals surface area (Å²) in [6, 6.07) is 2.03. The highest BCUT2D eigenvalue weighted by molar-refractivity contribution is 7.11. The lowest BCUT2D eigenvalue weighted by molar-refractivity contribution is -0.122. The van der Waals surface area contributed by atoms with Gasteiger partial charge in [-0.1, -0.05) is 6.92 Å². The van der Waals surface area contributed by atoms with Crippen LogP contribution in [0.25, 0.3) is 0 Å². The van der Waals surface area contributed by atoms with Crippen molar-refractivity contribution in [3.63, 3.8) is 0 Å². The maximum absolute atomic E-state index is 12.3. The van der Waals surface area contributed by atoms with Crippen LogP contribution in [0, 0.1) is 0 Å². The maximum Gasteiger partial charge on any atom is 0.237 e. The fourth-order valence-corrected chi connectivity index (χ4v) is 4.22. The SMILES string of the molecule is CCCN1CCCC2(C1)C(=O)Nc1ccsc12. The molecule has 3 rings (SSSR count). The van der Waals surface area contributed by atoms with Crippen molar-refractivity contribution in [1.29, 1.82) is 0 Å². The molecule has 0 aliphatic carbocycles. The standard InChI is InChI=1S/C13H18N2OS/c1-2-6-15-7-3-5-13(9-15)11-10(4-8-17-11)14-12(13)16/h4,8H,2-3,5-7,9H2,1H3,(H,14,16). The van der Waals surface area contributed by atoms with E-state index < -0.39 is 0 Å². The van der Waals surface area contributed by atoms with Gasteiger partial charge in [0.1, 0.15) is 0 Å². The molecule has 92 valence electrons. The number of hydrogen-bond acceptors (Lipinski definition) is 3. The number of thiophene rings is 1. The third-order valence-corrected chi connectivity index (χ3v) is 5.01. The number of hydrogen-bond donors (Lipinski definition) is 1. The second kappa shape index (κ2) is 4.10. The summed E-state index contributed by atoms with van der Waals surface area (Å²) < 4.78 is 0. The molecule has 1 aromatic heterocycles. The molecule has 0 saturated carbocycles. The van der Waals surface area contributed by atoms with E-state index in [0.717, 1.165) is 44.6 Å². The summed E-state index contributed by atoms with van der Waals surface area (Å²) in [6.07, 6.45) is 3.30. The summed E-state index contributed by atoms with van der Waals surface area (Å²) in [5.74, 6) is 0.222. The number of amides is 1. The van der Waals surface area contributed by atoms with Crippen LogP contribution in [0.4, 0.5) is 5.69 Å². The second-order valence-electron chi connectivity index (χ2n) is 5.08. The fraction of sp³-hybridized carbons (Fsp3) is 0.615. The van der Waals surface area contributed by atoms with Gasteiger partial charge in [0.15, 0.2) is 0 Å². The molecule has 1 atom stereocenters. The lowest BCUT2D eigenvalue weighted by atomic mass is 9.79. The zero-order chi connectivity index (χ0) is 11.9. The molecule has 1 fully saturated rings. The van der Waals surface area contributed by atoms with E-state index in [1.165, 1.54) is 4.88 Å². The number of anilines is 1. The number of piperidine rings is 1. The summed E-state index contributed by atoms with van der Waals surface area (Å²) in [7, 11) is 0. The summed E-state index contributed by atoms with van der Waals surface area (Å²) in [5.41, 5.74) is 0.815. The summed E-state index contributed by atoms with van der Waals surface area (Å²) in [4.78, 5) is 16.0. The lowest BCUT2D eigenvalue weighted by Crippen LogP contribution is -2.49. The van der Waals surface area contributed by atoms with E-state index in [1.807, 2.05) is 6.07 Å². The molecule has 1 N–H and O–H groups in total. The van der Waals surface area contributed by atoms with Crippen LogP contribution in [0.15, 0.2) is 11.4 Å². The largest absolute Gasteiger partial charge is 0.324 e. The second-order valence-corrected chi connectivity index (χ2v) is 6.00. The number of carbonyl (C=O) groups is 1. The van der Waals surface area contributed by atoms with Crippen molar-refractivity contribution < 1.29 is 4.79 Å². The van der Waals surface area contributed by atoms with Crippen LogP contribution >= 0.6 is 11.3 Å². The fourth-order valence-electron chi connectivity index (χ4n) is 3.15. The molecule has 1 spiro atoms. The van der Waals surface area contributed by atoms with Gasteiger partial charge in [-0.25, -0.2) is 0 Å². The van der Waals surface area contributed by atoms with Crippen LogP contribution < -0.4 is 5.32 Å². The highest BCUT2D eigenvalue weighted by atomic mass is 32.1. The molecule has 1 saturated heterocycles. The minimum Gasteiger partial charge on any atom is -0.324 e. The van der Waals surface area contributed by atoms with Gasteiger partial charge in [0, 0.05) is 11.4 Å². The van der Waals surface area contributed by atoms with E-state index in [1.54, 1.807) is 11.3 Å². The van der Waals surface area contributed by atoms with Crippen LogP contribution in [-0.4, -0.2) is 30.4 Å². The highest BCUT2D eigenvalue weighted by Gasteiger charge is 2.49. The molecule has 4 heteroatoms. The minimum atomic E-state index is -0.239. The smallest absolute Gasteiger partial charge is 0.237 e. The third kappa shape index (κ3) is 1.62. The summed E-state index contributed by atoms with van der Waals surface area (Å²) in [5, 5.41) is 5.13. The van der Waals surface area contributed by atoms with Crippen molar-refractivity contribution in [3.05, 3.63) is 16.3 Å². The first kappa shape index (κ1) is 11.2. The van der Waals surface area contributed by atoms with Crippen molar-refractivity contribution >= 4 is 22.9 Å². The molecular formula is C13H18N2OS. The predicted octanol–water partition coefficient (Wildman–Crippen LogP) is 2.44. The Morgan fingerprint density at radius 1 is 1.59 bits per heavy atom. The van der Waals surface area contributed by atoms with Gasteiger partial charge in [0.05, 0.1) is 11.1 Å². The quantitative estimate of drug-likeness (QED) is 0.874. The van der Waals surface area contributed by atoms with Crippen LogP contribution in [0.1, 0.15) is 31.1 Å². The molecule has 0 aromatic carbocycles. The van der Waals surface area contributed by atoms with Gasteiger partial charge >= 0.3 is 0 Å². The zero-order valence-corrected chi connectivity index (χ0v) is 11.0. The van der Waals surface area contributed by atoms with Crippen molar-refractivity contribution in [1.82, 2.24) is 4.90 Å². The highest BCUT2D eigenvalue weighted by Crippen LogP contribution is 2.46. The van der Waals surface area contributed by atoms with Crippen molar-refractivity contribution in [2.24, 2.45) is 0 Å². The number of likely N-dealkylation sites (tertiary alicyclic amines) is 1. The summed E-state index contributed by atoms with van der Waals surface area (Å²) >= 11 is 1.73. The van der Waals surface area contributed by atoms with Gasteiger partial charge in [-0.3, -0.25) is 4.79 Å². The Bertz CT molecular complexity index is 440. The number of rotatable bonds is 2. The molecule has 2 aliphatic heterocycles. The Hall–Kier alpha value is -0.870. The predicted molar refractivity (Wildman–Crippen MR) is 70.6 cm³/mol. The van der Waals surface area contributed by atoms with E-state index in [9.17, 15) is 4.79 Å². The Morgan fingerprint density at radius 2 is 2.47 bits per heavy atom. The minimum absolute atomic E-state index is 0.222. The molecular weight excluding hydrogens is 232 g/mol. The molecule has 3 nitrogen and oxygen atoms in total. The van der Waals surface area contributed by atoms with Gasteiger partial charge in [-0.2, -0.15) is 0 Å². The Morgan fingerprint density at radius 3 is 3.29 bits per heavy atom. The first-order chi connectivity index (χ1) is 8.26. The van der Waals surface area contributed by atoms with E-state index in [-0.39, 0.29) is 11.3 Å². The van der Waals surface area contributed by atoms with Crippen LogP contribution in [0.2, 0.25) is 0 Å². The van der Waals surface area contributed by atoms with Gasteiger partial charge in [-0.05, 0) is 43.8 Å². The van der Waals surface area contributed by atoms with Crippen LogP contribution in [0.5, 0.6) is 0 Å². The van der Waals surface area contributed by atoms with Crippen molar-refractivity contribution in [2.45, 2.75) is 31.6 Å².